The van der Waals surface area contributed by atoms with Gasteiger partial charge in [0.1, 0.15) is 17.4 Å². The van der Waals surface area contributed by atoms with Crippen LogP contribution in [0.3, 0.4) is 0 Å². The molecule has 36 heavy (non-hydrogen) atoms. The van der Waals surface area contributed by atoms with E-state index in [1.807, 2.05) is 13.8 Å². The Morgan fingerprint density at radius 3 is 2.17 bits per heavy atom. The number of carbonyl (C=O) groups excluding carboxylic acids is 1. The number of benzene rings is 3. The quantitative estimate of drug-likeness (QED) is 0.344. The highest BCUT2D eigenvalue weighted by atomic mass is 19.1. The number of carbonyl (C=O) groups is 1. The van der Waals surface area contributed by atoms with E-state index in [-0.39, 0.29) is 17.3 Å². The number of aromatic nitrogens is 2. The molecule has 1 heterocycles. The Kier molecular flexibility index (Phi) is 7.39. The summed E-state index contributed by atoms with van der Waals surface area (Å²) in [6.45, 7) is 4.57. The maximum Gasteiger partial charge on any atom is 0.299 e. The Morgan fingerprint density at radius 1 is 0.944 bits per heavy atom. The number of anilines is 2. The van der Waals surface area contributed by atoms with E-state index in [0.29, 0.717) is 35.2 Å². The van der Waals surface area contributed by atoms with E-state index in [9.17, 15) is 18.4 Å². The van der Waals surface area contributed by atoms with Crippen molar-refractivity contribution in [2.45, 2.75) is 13.8 Å². The standard InChI is InChI=1S/C27H24F2N4O3/c1-17(2)15-30-26(34)18-3-9-21(10-4-18)32-25-24(36-23-13-7-20(29)8-14-23)16-31-33(27(25)35)22-11-5-19(28)6-12-22/h3-14,16-17,32H,15H2,1-2H3,(H,30,34). The molecule has 184 valence electrons. The second kappa shape index (κ2) is 10.8. The number of rotatable bonds is 8. The van der Waals surface area contributed by atoms with Crippen molar-refractivity contribution in [3.63, 3.8) is 0 Å². The van der Waals surface area contributed by atoms with Crippen molar-refractivity contribution in [3.8, 4) is 17.2 Å². The Balaban J connectivity index is 1.67. The molecule has 0 saturated carbocycles. The fourth-order valence-corrected chi connectivity index (χ4v) is 3.27. The molecule has 0 unspecified atom stereocenters. The lowest BCUT2D eigenvalue weighted by atomic mass is 10.1. The van der Waals surface area contributed by atoms with E-state index in [4.69, 9.17) is 4.74 Å². The Bertz CT molecular complexity index is 1400. The average Bonchev–Trinajstić information content (AvgIpc) is 2.87. The zero-order valence-electron chi connectivity index (χ0n) is 19.7. The topological polar surface area (TPSA) is 85.2 Å². The average molecular weight is 491 g/mol. The van der Waals surface area contributed by atoms with Crippen LogP contribution in [0.15, 0.2) is 83.8 Å². The summed E-state index contributed by atoms with van der Waals surface area (Å²) in [4.78, 5) is 25.7. The van der Waals surface area contributed by atoms with Gasteiger partial charge < -0.3 is 15.4 Å². The second-order valence-corrected chi connectivity index (χ2v) is 8.44. The first-order valence-electron chi connectivity index (χ1n) is 11.3. The minimum Gasteiger partial charge on any atom is -0.453 e. The predicted octanol–water partition coefficient (Wildman–Crippen LogP) is 5.43. The number of halogens is 2. The number of nitrogens with one attached hydrogen (secondary N) is 2. The lowest BCUT2D eigenvalue weighted by molar-refractivity contribution is 0.0949. The van der Waals surface area contributed by atoms with Gasteiger partial charge in [-0.05, 0) is 78.7 Å². The zero-order valence-corrected chi connectivity index (χ0v) is 19.7. The molecule has 0 atom stereocenters. The fraction of sp³-hybridized carbons (Fsp3) is 0.148. The number of ether oxygens (including phenoxy) is 1. The van der Waals surface area contributed by atoms with Gasteiger partial charge in [-0.25, -0.2) is 8.78 Å². The highest BCUT2D eigenvalue weighted by Gasteiger charge is 2.16. The molecule has 4 aromatic rings. The van der Waals surface area contributed by atoms with Gasteiger partial charge >= 0.3 is 0 Å². The molecule has 1 aromatic heterocycles. The summed E-state index contributed by atoms with van der Waals surface area (Å²) in [7, 11) is 0. The van der Waals surface area contributed by atoms with E-state index in [1.165, 1.54) is 54.7 Å². The van der Waals surface area contributed by atoms with Crippen molar-refractivity contribution in [1.82, 2.24) is 15.1 Å². The second-order valence-electron chi connectivity index (χ2n) is 8.44. The first-order chi connectivity index (χ1) is 17.3. The van der Waals surface area contributed by atoms with Gasteiger partial charge in [0.25, 0.3) is 11.5 Å². The van der Waals surface area contributed by atoms with E-state index in [1.54, 1.807) is 24.3 Å². The SMILES string of the molecule is CC(C)CNC(=O)c1ccc(Nc2c(Oc3ccc(F)cc3)cnn(-c3ccc(F)cc3)c2=O)cc1. The Labute approximate surface area is 206 Å². The summed E-state index contributed by atoms with van der Waals surface area (Å²) in [5.41, 5.74) is 0.848. The molecule has 0 spiro atoms. The van der Waals surface area contributed by atoms with Crippen molar-refractivity contribution < 1.29 is 18.3 Å². The van der Waals surface area contributed by atoms with Crippen LogP contribution in [0.4, 0.5) is 20.2 Å². The first kappa shape index (κ1) is 24.6. The summed E-state index contributed by atoms with van der Waals surface area (Å²) >= 11 is 0. The molecule has 0 aliphatic carbocycles. The highest BCUT2D eigenvalue weighted by molar-refractivity contribution is 5.94. The minimum atomic E-state index is -0.556. The number of nitrogens with zero attached hydrogens (tertiary/aromatic N) is 2. The van der Waals surface area contributed by atoms with Crippen LogP contribution in [0.25, 0.3) is 5.69 Å². The molecule has 2 N–H and O–H groups in total. The van der Waals surface area contributed by atoms with Gasteiger partial charge in [0.15, 0.2) is 11.4 Å². The van der Waals surface area contributed by atoms with Gasteiger partial charge in [-0.3, -0.25) is 9.59 Å². The van der Waals surface area contributed by atoms with Crippen molar-refractivity contribution in [2.75, 3.05) is 11.9 Å². The lowest BCUT2D eigenvalue weighted by Crippen LogP contribution is -2.27. The molecule has 7 nitrogen and oxygen atoms in total. The van der Waals surface area contributed by atoms with Crippen LogP contribution in [-0.4, -0.2) is 22.2 Å². The summed E-state index contributed by atoms with van der Waals surface area (Å²) in [5, 5.41) is 10.0. The van der Waals surface area contributed by atoms with E-state index < -0.39 is 17.2 Å². The summed E-state index contributed by atoms with van der Waals surface area (Å²) in [6, 6.07) is 17.2. The van der Waals surface area contributed by atoms with Crippen LogP contribution in [0.1, 0.15) is 24.2 Å². The molecule has 0 radical (unpaired) electrons. The third kappa shape index (κ3) is 5.93. The number of hydrogen-bond donors (Lipinski definition) is 2. The monoisotopic (exact) mass is 490 g/mol. The summed E-state index contributed by atoms with van der Waals surface area (Å²) in [5.74, 6) is -0.342. The molecule has 0 aliphatic heterocycles. The van der Waals surface area contributed by atoms with Gasteiger partial charge in [-0.15, -0.1) is 0 Å². The maximum atomic E-state index is 13.4. The molecule has 1 amide bonds. The van der Waals surface area contributed by atoms with Crippen LogP contribution in [0.5, 0.6) is 11.5 Å². The molecule has 0 bridgehead atoms. The zero-order chi connectivity index (χ0) is 25.7. The molecular weight excluding hydrogens is 466 g/mol. The van der Waals surface area contributed by atoms with Crippen molar-refractivity contribution >= 4 is 17.3 Å². The van der Waals surface area contributed by atoms with Crippen LogP contribution in [-0.2, 0) is 0 Å². The molecular formula is C27H24F2N4O3. The third-order valence-corrected chi connectivity index (χ3v) is 5.14. The van der Waals surface area contributed by atoms with Crippen LogP contribution >= 0.6 is 0 Å². The maximum absolute atomic E-state index is 13.4. The molecule has 0 saturated heterocycles. The van der Waals surface area contributed by atoms with Gasteiger partial charge in [-0.1, -0.05) is 13.8 Å². The van der Waals surface area contributed by atoms with Gasteiger partial charge in [0, 0.05) is 17.8 Å². The predicted molar refractivity (Wildman–Crippen MR) is 133 cm³/mol. The summed E-state index contributed by atoms with van der Waals surface area (Å²) < 4.78 is 33.6. The molecule has 9 heteroatoms. The van der Waals surface area contributed by atoms with Crippen LogP contribution in [0, 0.1) is 17.6 Å². The highest BCUT2D eigenvalue weighted by Crippen LogP contribution is 2.29. The van der Waals surface area contributed by atoms with E-state index in [2.05, 4.69) is 15.7 Å². The Morgan fingerprint density at radius 2 is 1.56 bits per heavy atom. The Hall–Kier alpha value is -4.53. The first-order valence-corrected chi connectivity index (χ1v) is 11.3. The van der Waals surface area contributed by atoms with Crippen LogP contribution in [0.2, 0.25) is 0 Å². The largest absolute Gasteiger partial charge is 0.453 e. The van der Waals surface area contributed by atoms with Crippen molar-refractivity contribution in [1.29, 1.82) is 0 Å². The van der Waals surface area contributed by atoms with Crippen molar-refractivity contribution in [3.05, 3.63) is 107 Å². The lowest BCUT2D eigenvalue weighted by Gasteiger charge is -2.15. The molecule has 3 aromatic carbocycles. The van der Waals surface area contributed by atoms with Gasteiger partial charge in [0.05, 0.1) is 11.9 Å². The van der Waals surface area contributed by atoms with Gasteiger partial charge in [-0.2, -0.15) is 9.78 Å². The van der Waals surface area contributed by atoms with Gasteiger partial charge in [0.2, 0.25) is 0 Å². The molecule has 4 rings (SSSR count). The van der Waals surface area contributed by atoms with E-state index >= 15 is 0 Å². The number of hydrogen-bond acceptors (Lipinski definition) is 5. The number of amides is 1. The van der Waals surface area contributed by atoms with Crippen molar-refractivity contribution in [2.24, 2.45) is 5.92 Å². The van der Waals surface area contributed by atoms with E-state index in [0.717, 1.165) is 4.68 Å². The fourth-order valence-electron chi connectivity index (χ4n) is 3.27. The normalized spacial score (nSPS) is 10.8. The molecule has 0 aliphatic rings. The summed E-state index contributed by atoms with van der Waals surface area (Å²) in [6.07, 6.45) is 1.34. The molecule has 0 fully saturated rings. The van der Waals surface area contributed by atoms with Crippen LogP contribution < -0.4 is 20.9 Å². The smallest absolute Gasteiger partial charge is 0.299 e. The minimum absolute atomic E-state index is 0.0515. The third-order valence-electron chi connectivity index (χ3n) is 5.14.